The molecule has 0 saturated heterocycles. The predicted molar refractivity (Wildman–Crippen MR) is 76.4 cm³/mol. The van der Waals surface area contributed by atoms with Crippen LogP contribution in [0.2, 0.25) is 0 Å². The molecule has 0 aliphatic carbocycles. The molecule has 0 spiro atoms. The number of benzene rings is 1. The van der Waals surface area contributed by atoms with Crippen LogP contribution in [0.15, 0.2) is 24.3 Å². The third-order valence-corrected chi connectivity index (χ3v) is 4.31. The number of thioether (sulfide) groups is 1. The van der Waals surface area contributed by atoms with E-state index in [-0.39, 0.29) is 12.6 Å². The zero-order valence-electron chi connectivity index (χ0n) is 10.7. The van der Waals surface area contributed by atoms with E-state index in [1.807, 2.05) is 11.8 Å². The monoisotopic (exact) mass is 253 g/mol. The molecule has 3 heteroatoms. The van der Waals surface area contributed by atoms with E-state index in [4.69, 9.17) is 10.8 Å². The molecule has 96 valence electrons. The van der Waals surface area contributed by atoms with Crippen LogP contribution in [0.25, 0.3) is 0 Å². The zero-order valence-corrected chi connectivity index (χ0v) is 11.5. The van der Waals surface area contributed by atoms with Crippen LogP contribution < -0.4 is 5.73 Å². The molecule has 0 heterocycles. The maximum Gasteiger partial charge on any atom is 0.0438 e. The molecule has 0 aliphatic heterocycles. The highest BCUT2D eigenvalue weighted by Gasteiger charge is 2.14. The van der Waals surface area contributed by atoms with Crippen molar-refractivity contribution in [3.63, 3.8) is 0 Å². The molecule has 0 aliphatic rings. The van der Waals surface area contributed by atoms with E-state index in [1.54, 1.807) is 0 Å². The van der Waals surface area contributed by atoms with Gasteiger partial charge >= 0.3 is 0 Å². The van der Waals surface area contributed by atoms with Gasteiger partial charge in [-0.1, -0.05) is 38.1 Å². The lowest BCUT2D eigenvalue weighted by atomic mass is 10.0. The first-order chi connectivity index (χ1) is 8.19. The number of aliphatic hydroxyl groups excluding tert-OH is 1. The third kappa shape index (κ3) is 4.70. The Kier molecular flexibility index (Phi) is 6.63. The van der Waals surface area contributed by atoms with Gasteiger partial charge in [0.1, 0.15) is 0 Å². The van der Waals surface area contributed by atoms with E-state index >= 15 is 0 Å². The van der Waals surface area contributed by atoms with E-state index in [1.165, 1.54) is 11.1 Å². The third-order valence-electron chi connectivity index (χ3n) is 2.96. The van der Waals surface area contributed by atoms with Crippen LogP contribution in [-0.2, 0) is 6.42 Å². The Labute approximate surface area is 109 Å². The van der Waals surface area contributed by atoms with Crippen LogP contribution in [0, 0.1) is 0 Å². The lowest BCUT2D eigenvalue weighted by Gasteiger charge is -2.20. The fourth-order valence-electron chi connectivity index (χ4n) is 1.68. The van der Waals surface area contributed by atoms with Crippen molar-refractivity contribution in [1.29, 1.82) is 0 Å². The van der Waals surface area contributed by atoms with Gasteiger partial charge in [-0.15, -0.1) is 0 Å². The number of rotatable bonds is 7. The molecule has 0 bridgehead atoms. The summed E-state index contributed by atoms with van der Waals surface area (Å²) >= 11 is 1.83. The fourth-order valence-corrected chi connectivity index (χ4v) is 2.72. The van der Waals surface area contributed by atoms with Crippen LogP contribution in [0.4, 0.5) is 0 Å². The summed E-state index contributed by atoms with van der Waals surface area (Å²) in [7, 11) is 0. The number of hydrogen-bond acceptors (Lipinski definition) is 3. The van der Waals surface area contributed by atoms with Crippen LogP contribution >= 0.6 is 11.8 Å². The number of hydrogen-bond donors (Lipinski definition) is 2. The van der Waals surface area contributed by atoms with E-state index in [2.05, 4.69) is 38.1 Å². The average Bonchev–Trinajstić information content (AvgIpc) is 2.38. The van der Waals surface area contributed by atoms with E-state index in [0.717, 1.165) is 18.6 Å². The van der Waals surface area contributed by atoms with Crippen LogP contribution in [0.5, 0.6) is 0 Å². The number of aryl methyl sites for hydroxylation is 1. The highest BCUT2D eigenvalue weighted by molar-refractivity contribution is 7.99. The Morgan fingerprint density at radius 1 is 1.29 bits per heavy atom. The van der Waals surface area contributed by atoms with Gasteiger partial charge < -0.3 is 10.8 Å². The Balaban J connectivity index is 2.52. The molecule has 1 aromatic carbocycles. The summed E-state index contributed by atoms with van der Waals surface area (Å²) in [5.41, 5.74) is 8.78. The smallest absolute Gasteiger partial charge is 0.0438 e. The first-order valence-corrected chi connectivity index (χ1v) is 7.30. The number of aliphatic hydroxyl groups is 1. The molecule has 3 N–H and O–H groups in total. The van der Waals surface area contributed by atoms with Gasteiger partial charge in [0.15, 0.2) is 0 Å². The maximum atomic E-state index is 8.75. The van der Waals surface area contributed by atoms with E-state index in [9.17, 15) is 0 Å². The molecule has 2 nitrogen and oxygen atoms in total. The second-order valence-electron chi connectivity index (χ2n) is 4.27. The van der Waals surface area contributed by atoms with Crippen molar-refractivity contribution in [2.24, 2.45) is 5.73 Å². The normalized spacial score (nSPS) is 14.6. The van der Waals surface area contributed by atoms with Gasteiger partial charge in [-0.25, -0.2) is 0 Å². The summed E-state index contributed by atoms with van der Waals surface area (Å²) in [6, 6.07) is 8.64. The van der Waals surface area contributed by atoms with Crippen LogP contribution in [0.3, 0.4) is 0 Å². The standard InChI is InChI=1S/C14H23NOS/c1-3-12-5-7-13(8-6-12)14(15)11(2)17-10-4-9-16/h5-8,11,14,16H,3-4,9-10,15H2,1-2H3. The lowest BCUT2D eigenvalue weighted by molar-refractivity contribution is 0.296. The van der Waals surface area contributed by atoms with Crippen molar-refractivity contribution >= 4 is 11.8 Å². The van der Waals surface area contributed by atoms with Crippen molar-refractivity contribution in [3.05, 3.63) is 35.4 Å². The summed E-state index contributed by atoms with van der Waals surface area (Å²) in [5, 5.41) is 9.13. The predicted octanol–water partition coefficient (Wildman–Crippen LogP) is 2.75. The Bertz CT molecular complexity index is 313. The largest absolute Gasteiger partial charge is 0.396 e. The van der Waals surface area contributed by atoms with Gasteiger partial charge in [-0.2, -0.15) is 11.8 Å². The molecule has 2 unspecified atom stereocenters. The summed E-state index contributed by atoms with van der Waals surface area (Å²) in [5.74, 6) is 0.971. The Morgan fingerprint density at radius 3 is 2.47 bits per heavy atom. The fraction of sp³-hybridized carbons (Fsp3) is 0.571. The molecule has 1 rings (SSSR count). The minimum absolute atomic E-state index is 0.0737. The molecule has 0 saturated carbocycles. The molecule has 17 heavy (non-hydrogen) atoms. The maximum absolute atomic E-state index is 8.75. The summed E-state index contributed by atoms with van der Waals surface area (Å²) in [6.45, 7) is 4.57. The van der Waals surface area contributed by atoms with Gasteiger partial charge in [-0.3, -0.25) is 0 Å². The highest BCUT2D eigenvalue weighted by Crippen LogP contribution is 2.25. The van der Waals surface area contributed by atoms with Gasteiger partial charge in [-0.05, 0) is 29.7 Å². The van der Waals surface area contributed by atoms with Gasteiger partial charge in [0.05, 0.1) is 0 Å². The zero-order chi connectivity index (χ0) is 12.7. The van der Waals surface area contributed by atoms with Crippen LogP contribution in [0.1, 0.15) is 37.4 Å². The topological polar surface area (TPSA) is 46.2 Å². The second kappa shape index (κ2) is 7.75. The van der Waals surface area contributed by atoms with Crippen LogP contribution in [-0.4, -0.2) is 22.7 Å². The van der Waals surface area contributed by atoms with Crippen molar-refractivity contribution in [2.45, 2.75) is 38.0 Å². The molecule has 0 aromatic heterocycles. The molecule has 0 fully saturated rings. The molecular formula is C14H23NOS. The number of nitrogens with two attached hydrogens (primary N) is 1. The van der Waals surface area contributed by atoms with Gasteiger partial charge in [0.2, 0.25) is 0 Å². The van der Waals surface area contributed by atoms with E-state index < -0.39 is 0 Å². The van der Waals surface area contributed by atoms with Crippen molar-refractivity contribution in [1.82, 2.24) is 0 Å². The quantitative estimate of drug-likeness (QED) is 0.735. The van der Waals surface area contributed by atoms with Crippen molar-refractivity contribution in [3.8, 4) is 0 Å². The summed E-state index contributed by atoms with van der Waals surface area (Å²) in [4.78, 5) is 0. The molecule has 2 atom stereocenters. The summed E-state index contributed by atoms with van der Waals surface area (Å²) < 4.78 is 0. The molecule has 0 amide bonds. The lowest BCUT2D eigenvalue weighted by Crippen LogP contribution is -2.21. The Morgan fingerprint density at radius 2 is 1.94 bits per heavy atom. The van der Waals surface area contributed by atoms with Gasteiger partial charge in [0, 0.05) is 17.9 Å². The highest BCUT2D eigenvalue weighted by atomic mass is 32.2. The van der Waals surface area contributed by atoms with Crippen molar-refractivity contribution < 1.29 is 5.11 Å². The SMILES string of the molecule is CCc1ccc(C(N)C(C)SCCCO)cc1. The van der Waals surface area contributed by atoms with E-state index in [0.29, 0.717) is 5.25 Å². The van der Waals surface area contributed by atoms with Crippen molar-refractivity contribution in [2.75, 3.05) is 12.4 Å². The van der Waals surface area contributed by atoms with Gasteiger partial charge in [0.25, 0.3) is 0 Å². The molecule has 1 aromatic rings. The average molecular weight is 253 g/mol. The first-order valence-electron chi connectivity index (χ1n) is 6.26. The minimum Gasteiger partial charge on any atom is -0.396 e. The second-order valence-corrected chi connectivity index (χ2v) is 5.76. The molecule has 0 radical (unpaired) electrons. The molecular weight excluding hydrogens is 230 g/mol. The first kappa shape index (κ1) is 14.6. The Hall–Kier alpha value is -0.510. The summed E-state index contributed by atoms with van der Waals surface area (Å²) in [6.07, 6.45) is 1.91. The minimum atomic E-state index is 0.0737.